The van der Waals surface area contributed by atoms with E-state index in [4.69, 9.17) is 14.8 Å². The number of rotatable bonds is 6. The first-order valence-electron chi connectivity index (χ1n) is 12.1. The molecule has 3 aromatic rings. The third-order valence-corrected chi connectivity index (χ3v) is 5.46. The maximum atomic E-state index is 12.6. The number of alkyl carbamates (subject to hydrolysis) is 1. The summed E-state index contributed by atoms with van der Waals surface area (Å²) in [5.41, 5.74) is 5.89. The Labute approximate surface area is 213 Å². The van der Waals surface area contributed by atoms with E-state index >= 15 is 0 Å². The van der Waals surface area contributed by atoms with E-state index in [1.807, 2.05) is 45.9 Å². The van der Waals surface area contributed by atoms with Crippen LogP contribution in [-0.2, 0) is 22.5 Å². The van der Waals surface area contributed by atoms with Gasteiger partial charge in [-0.25, -0.2) is 9.59 Å². The number of aliphatic carboxylic acids is 1. The molecule has 1 aromatic heterocycles. The van der Waals surface area contributed by atoms with Gasteiger partial charge in [0, 0.05) is 29.3 Å². The summed E-state index contributed by atoms with van der Waals surface area (Å²) in [5, 5.41) is 12.9. The van der Waals surface area contributed by atoms with Crippen LogP contribution in [-0.4, -0.2) is 27.8 Å². The van der Waals surface area contributed by atoms with Gasteiger partial charge in [0.25, 0.3) is 0 Å². The number of carbonyl (C=O) groups excluding carboxylic acids is 1. The standard InChI is InChI=1S/C30H36N2O4/c1-19-8-12-21(13-9-19)27-22-16-20(11-15-26(33)34)10-14-24(22)32-25(17-29(2,3)4)23(27)18-31-28(35)36-30(5,6)7/h8-16H,17-18H2,1-7H3,(H,31,35)(H,33,34). The molecule has 0 unspecified atom stereocenters. The Morgan fingerprint density at radius 2 is 1.69 bits per heavy atom. The highest BCUT2D eigenvalue weighted by molar-refractivity contribution is 5.98. The predicted octanol–water partition coefficient (Wildman–Crippen LogP) is 6.92. The Morgan fingerprint density at radius 3 is 2.28 bits per heavy atom. The number of hydrogen-bond acceptors (Lipinski definition) is 4. The van der Waals surface area contributed by atoms with E-state index in [0.717, 1.165) is 50.5 Å². The quantitative estimate of drug-likeness (QED) is 0.368. The highest BCUT2D eigenvalue weighted by Gasteiger charge is 2.23. The van der Waals surface area contributed by atoms with Crippen molar-refractivity contribution >= 4 is 29.0 Å². The lowest BCUT2D eigenvalue weighted by atomic mass is 9.85. The lowest BCUT2D eigenvalue weighted by molar-refractivity contribution is -0.131. The SMILES string of the molecule is Cc1ccc(-c2c(CNC(=O)OC(C)(C)C)c(CC(C)(C)C)nc3ccc(C=CC(=O)O)cc23)cc1. The van der Waals surface area contributed by atoms with Gasteiger partial charge < -0.3 is 15.2 Å². The van der Waals surface area contributed by atoms with E-state index in [-0.39, 0.29) is 12.0 Å². The number of ether oxygens (including phenoxy) is 1. The van der Waals surface area contributed by atoms with Crippen molar-refractivity contribution in [3.63, 3.8) is 0 Å². The zero-order valence-corrected chi connectivity index (χ0v) is 22.2. The van der Waals surface area contributed by atoms with Crippen LogP contribution < -0.4 is 5.32 Å². The first kappa shape index (κ1) is 26.9. The van der Waals surface area contributed by atoms with Crippen molar-refractivity contribution in [3.8, 4) is 11.1 Å². The van der Waals surface area contributed by atoms with Crippen molar-refractivity contribution < 1.29 is 19.4 Å². The first-order chi connectivity index (χ1) is 16.7. The average Bonchev–Trinajstić information content (AvgIpc) is 2.74. The van der Waals surface area contributed by atoms with Crippen molar-refractivity contribution in [1.29, 1.82) is 0 Å². The molecule has 2 aromatic carbocycles. The minimum absolute atomic E-state index is 0.0317. The van der Waals surface area contributed by atoms with Gasteiger partial charge in [0.05, 0.1) is 5.52 Å². The van der Waals surface area contributed by atoms with E-state index in [2.05, 4.69) is 50.4 Å². The number of aryl methyl sites for hydroxylation is 1. The molecule has 0 aliphatic rings. The van der Waals surface area contributed by atoms with Gasteiger partial charge in [-0.3, -0.25) is 4.98 Å². The number of pyridine rings is 1. The molecule has 0 atom stereocenters. The lowest BCUT2D eigenvalue weighted by Crippen LogP contribution is -2.32. The fraction of sp³-hybridized carbons (Fsp3) is 0.367. The van der Waals surface area contributed by atoms with E-state index in [9.17, 15) is 9.59 Å². The molecular formula is C30H36N2O4. The van der Waals surface area contributed by atoms with Crippen LogP contribution >= 0.6 is 0 Å². The number of hydrogen-bond donors (Lipinski definition) is 2. The van der Waals surface area contributed by atoms with Crippen LogP contribution in [0.2, 0.25) is 0 Å². The largest absolute Gasteiger partial charge is 0.478 e. The summed E-state index contributed by atoms with van der Waals surface area (Å²) in [6.07, 6.45) is 2.92. The summed E-state index contributed by atoms with van der Waals surface area (Å²) in [6.45, 7) is 14.3. The molecular weight excluding hydrogens is 452 g/mol. The Hall–Kier alpha value is -3.67. The van der Waals surface area contributed by atoms with Crippen molar-refractivity contribution in [2.75, 3.05) is 0 Å². The number of fused-ring (bicyclic) bond motifs is 1. The number of nitrogens with one attached hydrogen (secondary N) is 1. The summed E-state index contributed by atoms with van der Waals surface area (Å²) >= 11 is 0. The van der Waals surface area contributed by atoms with Gasteiger partial charge in [-0.15, -0.1) is 0 Å². The Balaban J connectivity index is 2.26. The van der Waals surface area contributed by atoms with Gasteiger partial charge in [0.15, 0.2) is 0 Å². The third-order valence-electron chi connectivity index (χ3n) is 5.46. The molecule has 0 saturated carbocycles. The molecule has 3 rings (SSSR count). The minimum Gasteiger partial charge on any atom is -0.478 e. The second kappa shape index (κ2) is 10.5. The van der Waals surface area contributed by atoms with Crippen LogP contribution in [0.5, 0.6) is 0 Å². The topological polar surface area (TPSA) is 88.5 Å². The molecule has 0 fully saturated rings. The summed E-state index contributed by atoms with van der Waals surface area (Å²) in [6, 6.07) is 14.0. The van der Waals surface area contributed by atoms with Crippen molar-refractivity contribution in [3.05, 3.63) is 70.9 Å². The fourth-order valence-corrected chi connectivity index (χ4v) is 4.01. The second-order valence-corrected chi connectivity index (χ2v) is 11.3. The van der Waals surface area contributed by atoms with E-state index < -0.39 is 17.7 Å². The number of carboxylic acids is 1. The Kier molecular flexibility index (Phi) is 7.87. The lowest BCUT2D eigenvalue weighted by Gasteiger charge is -2.24. The number of carboxylic acid groups (broad SMARTS) is 1. The van der Waals surface area contributed by atoms with Gasteiger partial charge >= 0.3 is 12.1 Å². The average molecular weight is 489 g/mol. The van der Waals surface area contributed by atoms with Gasteiger partial charge in [0.1, 0.15) is 5.60 Å². The van der Waals surface area contributed by atoms with Crippen LogP contribution in [0.15, 0.2) is 48.5 Å². The van der Waals surface area contributed by atoms with Crippen molar-refractivity contribution in [2.45, 2.75) is 67.0 Å². The molecule has 1 heterocycles. The zero-order valence-electron chi connectivity index (χ0n) is 22.2. The van der Waals surface area contributed by atoms with Gasteiger partial charge in [0.2, 0.25) is 0 Å². The summed E-state index contributed by atoms with van der Waals surface area (Å²) < 4.78 is 5.49. The summed E-state index contributed by atoms with van der Waals surface area (Å²) in [5.74, 6) is -1.00. The molecule has 0 aliphatic heterocycles. The van der Waals surface area contributed by atoms with Gasteiger partial charge in [-0.1, -0.05) is 56.7 Å². The highest BCUT2D eigenvalue weighted by atomic mass is 16.6. The summed E-state index contributed by atoms with van der Waals surface area (Å²) in [4.78, 5) is 28.7. The van der Waals surface area contributed by atoms with Crippen molar-refractivity contribution in [2.24, 2.45) is 5.41 Å². The molecule has 2 N–H and O–H groups in total. The number of carbonyl (C=O) groups is 2. The monoisotopic (exact) mass is 488 g/mol. The van der Waals surface area contributed by atoms with E-state index in [1.54, 1.807) is 6.08 Å². The first-order valence-corrected chi connectivity index (χ1v) is 12.1. The summed E-state index contributed by atoms with van der Waals surface area (Å²) in [7, 11) is 0. The number of benzene rings is 2. The van der Waals surface area contributed by atoms with Crippen LogP contribution in [0, 0.1) is 12.3 Å². The second-order valence-electron chi connectivity index (χ2n) is 11.3. The number of amides is 1. The highest BCUT2D eigenvalue weighted by Crippen LogP contribution is 2.36. The molecule has 0 radical (unpaired) electrons. The zero-order chi connectivity index (χ0) is 26.7. The molecule has 0 spiro atoms. The molecule has 0 bridgehead atoms. The van der Waals surface area contributed by atoms with Crippen LogP contribution in [0.25, 0.3) is 28.1 Å². The van der Waals surface area contributed by atoms with Gasteiger partial charge in [-0.2, -0.15) is 0 Å². The van der Waals surface area contributed by atoms with Crippen LogP contribution in [0.4, 0.5) is 4.79 Å². The van der Waals surface area contributed by atoms with Gasteiger partial charge in [-0.05, 0) is 74.4 Å². The molecule has 190 valence electrons. The third kappa shape index (κ3) is 7.41. The Bertz CT molecular complexity index is 1290. The van der Waals surface area contributed by atoms with Crippen LogP contribution in [0.3, 0.4) is 0 Å². The molecule has 0 saturated heterocycles. The fourth-order valence-electron chi connectivity index (χ4n) is 4.01. The minimum atomic E-state index is -1.00. The maximum Gasteiger partial charge on any atom is 0.407 e. The molecule has 6 nitrogen and oxygen atoms in total. The normalized spacial score (nSPS) is 12.2. The molecule has 0 aliphatic carbocycles. The van der Waals surface area contributed by atoms with Crippen LogP contribution in [0.1, 0.15) is 63.9 Å². The molecule has 1 amide bonds. The maximum absolute atomic E-state index is 12.6. The van der Waals surface area contributed by atoms with Crippen molar-refractivity contribution in [1.82, 2.24) is 10.3 Å². The Morgan fingerprint density at radius 1 is 1.03 bits per heavy atom. The predicted molar refractivity (Wildman–Crippen MR) is 145 cm³/mol. The smallest absolute Gasteiger partial charge is 0.407 e. The number of nitrogens with zero attached hydrogens (tertiary/aromatic N) is 1. The molecule has 36 heavy (non-hydrogen) atoms. The number of aromatic nitrogens is 1. The van der Waals surface area contributed by atoms with E-state index in [1.165, 1.54) is 0 Å². The van der Waals surface area contributed by atoms with E-state index in [0.29, 0.717) is 6.42 Å². The molecule has 6 heteroatoms.